The molecule has 18 heavy (non-hydrogen) atoms. The molecule has 0 bridgehead atoms. The first kappa shape index (κ1) is 12.3. The van der Waals surface area contributed by atoms with Gasteiger partial charge in [-0.3, -0.25) is 0 Å². The highest BCUT2D eigenvalue weighted by molar-refractivity contribution is 5.61. The number of nitrogen functional groups attached to an aromatic ring is 1. The molecule has 0 amide bonds. The normalized spacial score (nSPS) is 11.6. The number of hydrogen-bond acceptors (Lipinski definition) is 3. The molecule has 1 aromatic carbocycles. The van der Waals surface area contributed by atoms with E-state index in [9.17, 15) is 13.2 Å². The summed E-state index contributed by atoms with van der Waals surface area (Å²) in [6.45, 7) is 1.78. The van der Waals surface area contributed by atoms with Gasteiger partial charge in [0.15, 0.2) is 11.5 Å². The highest BCUT2D eigenvalue weighted by Gasteiger charge is 2.35. The van der Waals surface area contributed by atoms with Crippen molar-refractivity contribution in [3.05, 3.63) is 41.7 Å². The van der Waals surface area contributed by atoms with Crippen molar-refractivity contribution < 1.29 is 13.2 Å². The number of anilines is 1. The van der Waals surface area contributed by atoms with Gasteiger partial charge in [0.05, 0.1) is 11.9 Å². The Bertz CT molecular complexity index is 579. The van der Waals surface area contributed by atoms with Crippen molar-refractivity contribution in [3.8, 4) is 11.4 Å². The van der Waals surface area contributed by atoms with Crippen molar-refractivity contribution in [1.82, 2.24) is 9.97 Å². The molecule has 2 rings (SSSR count). The molecule has 2 N–H and O–H groups in total. The molecule has 6 heteroatoms. The molecule has 0 spiro atoms. The average molecular weight is 253 g/mol. The number of benzene rings is 1. The van der Waals surface area contributed by atoms with Crippen LogP contribution < -0.4 is 5.73 Å². The summed E-state index contributed by atoms with van der Waals surface area (Å²) in [7, 11) is 0. The third kappa shape index (κ3) is 2.27. The van der Waals surface area contributed by atoms with Crippen LogP contribution in [-0.2, 0) is 6.18 Å². The molecule has 0 fully saturated rings. The Balaban J connectivity index is 2.58. The van der Waals surface area contributed by atoms with Gasteiger partial charge < -0.3 is 5.73 Å². The number of nitrogens with zero attached hydrogens (tertiary/aromatic N) is 2. The van der Waals surface area contributed by atoms with Crippen molar-refractivity contribution in [2.24, 2.45) is 0 Å². The number of rotatable bonds is 1. The quantitative estimate of drug-likeness (QED) is 0.849. The molecule has 0 aliphatic heterocycles. The second kappa shape index (κ2) is 4.29. The van der Waals surface area contributed by atoms with Crippen molar-refractivity contribution in [2.75, 3.05) is 5.73 Å². The molecule has 0 radical (unpaired) electrons. The van der Waals surface area contributed by atoms with Gasteiger partial charge >= 0.3 is 6.18 Å². The zero-order valence-electron chi connectivity index (χ0n) is 9.49. The van der Waals surface area contributed by atoms with Gasteiger partial charge in [-0.25, -0.2) is 9.97 Å². The molecule has 0 atom stereocenters. The summed E-state index contributed by atoms with van der Waals surface area (Å²) >= 11 is 0. The maximum absolute atomic E-state index is 12.7. The fourth-order valence-electron chi connectivity index (χ4n) is 1.57. The lowest BCUT2D eigenvalue weighted by atomic mass is 10.1. The summed E-state index contributed by atoms with van der Waals surface area (Å²) in [6.07, 6.45) is -3.60. The Morgan fingerprint density at radius 2 is 1.83 bits per heavy atom. The van der Waals surface area contributed by atoms with Crippen LogP contribution in [0.5, 0.6) is 0 Å². The van der Waals surface area contributed by atoms with Crippen LogP contribution >= 0.6 is 0 Å². The van der Waals surface area contributed by atoms with Crippen LogP contribution in [0.1, 0.15) is 11.3 Å². The first-order valence-corrected chi connectivity index (χ1v) is 5.15. The Kier molecular flexibility index (Phi) is 2.94. The first-order valence-electron chi connectivity index (χ1n) is 5.15. The summed E-state index contributed by atoms with van der Waals surface area (Å²) in [5.41, 5.74) is 5.03. The number of alkyl halides is 3. The average Bonchev–Trinajstić information content (AvgIpc) is 2.29. The second-order valence-corrected chi connectivity index (χ2v) is 3.81. The summed E-state index contributed by atoms with van der Waals surface area (Å²) in [5, 5.41) is 0. The predicted molar refractivity (Wildman–Crippen MR) is 61.6 cm³/mol. The van der Waals surface area contributed by atoms with Crippen LogP contribution in [0.4, 0.5) is 18.9 Å². The molecular formula is C12H10F3N3. The molecule has 94 valence electrons. The van der Waals surface area contributed by atoms with Crippen LogP contribution in [0.2, 0.25) is 0 Å². The molecule has 3 nitrogen and oxygen atoms in total. The van der Waals surface area contributed by atoms with E-state index in [1.165, 1.54) is 0 Å². The van der Waals surface area contributed by atoms with E-state index in [0.29, 0.717) is 5.56 Å². The van der Waals surface area contributed by atoms with Crippen LogP contribution in [0.3, 0.4) is 0 Å². The number of hydrogen-bond donors (Lipinski definition) is 1. The van der Waals surface area contributed by atoms with Crippen molar-refractivity contribution in [1.29, 1.82) is 0 Å². The highest BCUT2D eigenvalue weighted by atomic mass is 19.4. The minimum atomic E-state index is -4.58. The van der Waals surface area contributed by atoms with E-state index in [-0.39, 0.29) is 5.82 Å². The highest BCUT2D eigenvalue weighted by Crippen LogP contribution is 2.33. The fraction of sp³-hybridized carbons (Fsp3) is 0.167. The van der Waals surface area contributed by atoms with Gasteiger partial charge in [-0.15, -0.1) is 0 Å². The van der Waals surface area contributed by atoms with E-state index in [2.05, 4.69) is 9.97 Å². The minimum absolute atomic E-state index is 0.0228. The van der Waals surface area contributed by atoms with Crippen LogP contribution in [0.15, 0.2) is 30.5 Å². The predicted octanol–water partition coefficient (Wildman–Crippen LogP) is 3.05. The zero-order valence-corrected chi connectivity index (χ0v) is 9.49. The lowest BCUT2D eigenvalue weighted by Gasteiger charge is -2.10. The Labute approximate surface area is 101 Å². The number of aromatic nitrogens is 2. The maximum Gasteiger partial charge on any atom is 0.435 e. The summed E-state index contributed by atoms with van der Waals surface area (Å²) < 4.78 is 38.0. The van der Waals surface area contributed by atoms with E-state index in [1.54, 1.807) is 31.2 Å². The van der Waals surface area contributed by atoms with E-state index in [4.69, 9.17) is 5.73 Å². The molecule has 1 aromatic heterocycles. The standard InChI is InChI=1S/C12H10F3N3/c1-7-4-2-3-5-8(7)11-17-6-9(16)10(18-11)12(13,14)15/h2-6H,16H2,1H3. The monoisotopic (exact) mass is 253 g/mol. The Morgan fingerprint density at radius 1 is 1.17 bits per heavy atom. The molecule has 0 unspecified atom stereocenters. The van der Waals surface area contributed by atoms with Crippen molar-refractivity contribution in [3.63, 3.8) is 0 Å². The van der Waals surface area contributed by atoms with Gasteiger partial charge in [-0.05, 0) is 12.5 Å². The molecule has 0 saturated carbocycles. The maximum atomic E-state index is 12.7. The second-order valence-electron chi connectivity index (χ2n) is 3.81. The van der Waals surface area contributed by atoms with Gasteiger partial charge in [-0.1, -0.05) is 24.3 Å². The van der Waals surface area contributed by atoms with E-state index >= 15 is 0 Å². The van der Waals surface area contributed by atoms with E-state index in [1.807, 2.05) is 0 Å². The third-order valence-corrected chi connectivity index (χ3v) is 2.47. The SMILES string of the molecule is Cc1ccccc1-c1ncc(N)c(C(F)(F)F)n1. The Morgan fingerprint density at radius 3 is 2.44 bits per heavy atom. The van der Waals surface area contributed by atoms with Gasteiger partial charge in [0.2, 0.25) is 0 Å². The first-order chi connectivity index (χ1) is 8.39. The van der Waals surface area contributed by atoms with Crippen molar-refractivity contribution in [2.45, 2.75) is 13.1 Å². The summed E-state index contributed by atoms with van der Waals surface area (Å²) in [6, 6.07) is 6.96. The molecule has 0 aliphatic rings. The van der Waals surface area contributed by atoms with E-state index in [0.717, 1.165) is 11.8 Å². The minimum Gasteiger partial charge on any atom is -0.396 e. The van der Waals surface area contributed by atoms with Crippen LogP contribution in [-0.4, -0.2) is 9.97 Å². The van der Waals surface area contributed by atoms with Crippen LogP contribution in [0, 0.1) is 6.92 Å². The molecule has 1 heterocycles. The lowest BCUT2D eigenvalue weighted by molar-refractivity contribution is -0.140. The smallest absolute Gasteiger partial charge is 0.396 e. The Hall–Kier alpha value is -2.11. The number of nitrogens with two attached hydrogens (primary N) is 1. The molecule has 0 aliphatic carbocycles. The molecule has 2 aromatic rings. The van der Waals surface area contributed by atoms with Gasteiger partial charge in [-0.2, -0.15) is 13.2 Å². The summed E-state index contributed by atoms with van der Waals surface area (Å²) in [5.74, 6) is 0.0228. The molecular weight excluding hydrogens is 243 g/mol. The lowest BCUT2D eigenvalue weighted by Crippen LogP contribution is -2.13. The topological polar surface area (TPSA) is 51.8 Å². The number of halogens is 3. The fourth-order valence-corrected chi connectivity index (χ4v) is 1.57. The van der Waals surface area contributed by atoms with Crippen molar-refractivity contribution >= 4 is 5.69 Å². The van der Waals surface area contributed by atoms with Gasteiger partial charge in [0, 0.05) is 5.56 Å². The van der Waals surface area contributed by atoms with Crippen LogP contribution in [0.25, 0.3) is 11.4 Å². The number of aryl methyl sites for hydroxylation is 1. The third-order valence-electron chi connectivity index (χ3n) is 2.47. The van der Waals surface area contributed by atoms with Gasteiger partial charge in [0.25, 0.3) is 0 Å². The molecule has 0 saturated heterocycles. The summed E-state index contributed by atoms with van der Waals surface area (Å²) in [4.78, 5) is 7.36. The largest absolute Gasteiger partial charge is 0.435 e. The zero-order chi connectivity index (χ0) is 13.3. The van der Waals surface area contributed by atoms with Gasteiger partial charge in [0.1, 0.15) is 0 Å². The van der Waals surface area contributed by atoms with E-state index < -0.39 is 17.6 Å².